The molecule has 3 aromatic rings. The third-order valence-corrected chi connectivity index (χ3v) is 2.69. The van der Waals surface area contributed by atoms with Crippen molar-refractivity contribution in [3.05, 3.63) is 48.2 Å². The molecule has 4 nitrogen and oxygen atoms in total. The minimum absolute atomic E-state index is 0.701. The van der Waals surface area contributed by atoms with Gasteiger partial charge in [0.1, 0.15) is 0 Å². The molecule has 2 aromatic heterocycles. The molecule has 0 saturated carbocycles. The molecule has 1 aromatic carbocycles. The van der Waals surface area contributed by atoms with Crippen LogP contribution >= 0.6 is 0 Å². The quantitative estimate of drug-likeness (QED) is 0.645. The van der Waals surface area contributed by atoms with Crippen LogP contribution in [0.2, 0.25) is 0 Å². The van der Waals surface area contributed by atoms with E-state index >= 15 is 0 Å². The Kier molecular flexibility index (Phi) is 2.08. The Morgan fingerprint density at radius 1 is 1.12 bits per heavy atom. The summed E-state index contributed by atoms with van der Waals surface area (Å²) >= 11 is 0. The number of anilines is 1. The fourth-order valence-electron chi connectivity index (χ4n) is 1.84. The summed E-state index contributed by atoms with van der Waals surface area (Å²) in [5.74, 6) is 0.701. The third kappa shape index (κ3) is 1.63. The van der Waals surface area contributed by atoms with Crippen molar-refractivity contribution in [1.82, 2.24) is 14.6 Å². The Bertz CT molecular complexity index is 685. The van der Waals surface area contributed by atoms with Crippen LogP contribution in [0.25, 0.3) is 17.0 Å². The highest BCUT2D eigenvalue weighted by atomic mass is 15.3. The van der Waals surface area contributed by atoms with Crippen LogP contribution in [0.3, 0.4) is 0 Å². The first-order chi connectivity index (χ1) is 8.24. The third-order valence-electron chi connectivity index (χ3n) is 2.69. The molecule has 0 aliphatic heterocycles. The number of pyridine rings is 1. The monoisotopic (exact) mass is 224 g/mol. The van der Waals surface area contributed by atoms with Crippen molar-refractivity contribution in [2.45, 2.75) is 6.92 Å². The van der Waals surface area contributed by atoms with E-state index in [9.17, 15) is 0 Å². The molecule has 0 fully saturated rings. The molecule has 17 heavy (non-hydrogen) atoms. The summed E-state index contributed by atoms with van der Waals surface area (Å²) in [5, 5.41) is 4.47. The van der Waals surface area contributed by atoms with Gasteiger partial charge in [0.25, 0.3) is 0 Å². The van der Waals surface area contributed by atoms with Crippen molar-refractivity contribution in [3.63, 3.8) is 0 Å². The lowest BCUT2D eigenvalue weighted by Gasteiger charge is -1.96. The predicted molar refractivity (Wildman–Crippen MR) is 67.6 cm³/mol. The summed E-state index contributed by atoms with van der Waals surface area (Å²) in [6.45, 7) is 2.00. The lowest BCUT2D eigenvalue weighted by atomic mass is 10.2. The van der Waals surface area contributed by atoms with Gasteiger partial charge in [-0.25, -0.2) is 9.50 Å². The van der Waals surface area contributed by atoms with Gasteiger partial charge in [0.2, 0.25) is 0 Å². The van der Waals surface area contributed by atoms with Gasteiger partial charge < -0.3 is 5.73 Å². The van der Waals surface area contributed by atoms with Crippen LogP contribution in [-0.2, 0) is 0 Å². The number of nitrogens with zero attached hydrogens (tertiary/aromatic N) is 3. The molecular formula is C13H12N4. The molecule has 0 aliphatic rings. The standard InChI is InChI=1S/C13H12N4/c1-9-4-2-7-12-15-13(16-17(9)12)10-5-3-6-11(14)8-10/h2-8H,14H2,1H3. The van der Waals surface area contributed by atoms with Crippen LogP contribution in [0.1, 0.15) is 5.69 Å². The molecule has 3 rings (SSSR count). The number of hydrogen-bond acceptors (Lipinski definition) is 3. The smallest absolute Gasteiger partial charge is 0.182 e. The minimum Gasteiger partial charge on any atom is -0.399 e. The summed E-state index contributed by atoms with van der Waals surface area (Å²) in [6.07, 6.45) is 0. The normalized spacial score (nSPS) is 10.9. The van der Waals surface area contributed by atoms with Crippen LogP contribution in [0, 0.1) is 6.92 Å². The highest BCUT2D eigenvalue weighted by Gasteiger charge is 2.07. The Balaban J connectivity index is 2.22. The van der Waals surface area contributed by atoms with Crippen LogP contribution < -0.4 is 5.73 Å². The van der Waals surface area contributed by atoms with Gasteiger partial charge in [-0.1, -0.05) is 18.2 Å². The average Bonchev–Trinajstić information content (AvgIpc) is 2.74. The minimum atomic E-state index is 0.701. The van der Waals surface area contributed by atoms with Gasteiger partial charge in [0, 0.05) is 16.9 Å². The summed E-state index contributed by atoms with van der Waals surface area (Å²) in [4.78, 5) is 4.48. The van der Waals surface area contributed by atoms with E-state index in [1.54, 1.807) is 0 Å². The molecule has 4 heteroatoms. The number of aromatic nitrogens is 3. The Labute approximate surface area is 98.7 Å². The molecule has 0 amide bonds. The molecule has 0 bridgehead atoms. The number of aryl methyl sites for hydroxylation is 1. The van der Waals surface area contributed by atoms with Crippen molar-refractivity contribution in [1.29, 1.82) is 0 Å². The number of nitrogens with two attached hydrogens (primary N) is 1. The van der Waals surface area contributed by atoms with Gasteiger partial charge in [0.15, 0.2) is 11.5 Å². The number of nitrogen functional groups attached to an aromatic ring is 1. The van der Waals surface area contributed by atoms with E-state index in [0.717, 1.165) is 22.6 Å². The zero-order valence-electron chi connectivity index (χ0n) is 9.46. The van der Waals surface area contributed by atoms with Gasteiger partial charge in [-0.3, -0.25) is 0 Å². The number of fused-ring (bicyclic) bond motifs is 1. The maximum absolute atomic E-state index is 5.76. The second-order valence-electron chi connectivity index (χ2n) is 4.00. The van der Waals surface area contributed by atoms with E-state index in [4.69, 9.17) is 5.73 Å². The largest absolute Gasteiger partial charge is 0.399 e. The van der Waals surface area contributed by atoms with Crippen LogP contribution in [0.15, 0.2) is 42.5 Å². The fourth-order valence-corrected chi connectivity index (χ4v) is 1.84. The van der Waals surface area contributed by atoms with Crippen LogP contribution in [0.4, 0.5) is 5.69 Å². The summed E-state index contributed by atoms with van der Waals surface area (Å²) < 4.78 is 1.83. The molecule has 0 spiro atoms. The molecule has 2 N–H and O–H groups in total. The van der Waals surface area contributed by atoms with Gasteiger partial charge in [0.05, 0.1) is 0 Å². The summed E-state index contributed by atoms with van der Waals surface area (Å²) in [5.41, 5.74) is 9.33. The van der Waals surface area contributed by atoms with Crippen molar-refractivity contribution >= 4 is 11.3 Å². The molecule has 0 atom stereocenters. The first kappa shape index (κ1) is 9.84. The van der Waals surface area contributed by atoms with Crippen molar-refractivity contribution < 1.29 is 0 Å². The van der Waals surface area contributed by atoms with Crippen molar-refractivity contribution in [2.24, 2.45) is 0 Å². The first-order valence-electron chi connectivity index (χ1n) is 5.42. The molecule has 84 valence electrons. The van der Waals surface area contributed by atoms with Gasteiger partial charge in [-0.2, -0.15) is 0 Å². The zero-order chi connectivity index (χ0) is 11.8. The van der Waals surface area contributed by atoms with Gasteiger partial charge in [-0.15, -0.1) is 5.10 Å². The molecule has 2 heterocycles. The predicted octanol–water partition coefficient (Wildman–Crippen LogP) is 2.29. The second-order valence-corrected chi connectivity index (χ2v) is 4.00. The van der Waals surface area contributed by atoms with E-state index in [1.807, 2.05) is 53.9 Å². The Morgan fingerprint density at radius 2 is 1.94 bits per heavy atom. The SMILES string of the molecule is Cc1cccc2nc(-c3cccc(N)c3)nn12. The van der Waals surface area contributed by atoms with E-state index in [-0.39, 0.29) is 0 Å². The van der Waals surface area contributed by atoms with Gasteiger partial charge >= 0.3 is 0 Å². The maximum atomic E-state index is 5.76. The van der Waals surface area contributed by atoms with Crippen LogP contribution in [0.5, 0.6) is 0 Å². The number of benzene rings is 1. The molecule has 0 saturated heterocycles. The lowest BCUT2D eigenvalue weighted by Crippen LogP contribution is -1.92. The highest BCUT2D eigenvalue weighted by molar-refractivity contribution is 5.62. The average molecular weight is 224 g/mol. The topological polar surface area (TPSA) is 56.2 Å². The number of rotatable bonds is 1. The number of hydrogen-bond donors (Lipinski definition) is 1. The van der Waals surface area contributed by atoms with Crippen LogP contribution in [-0.4, -0.2) is 14.6 Å². The Hall–Kier alpha value is -2.36. The molecule has 0 unspecified atom stereocenters. The lowest BCUT2D eigenvalue weighted by molar-refractivity contribution is 0.918. The van der Waals surface area contributed by atoms with E-state index in [0.29, 0.717) is 5.82 Å². The molecule has 0 aliphatic carbocycles. The van der Waals surface area contributed by atoms with Crippen molar-refractivity contribution in [3.8, 4) is 11.4 Å². The fraction of sp³-hybridized carbons (Fsp3) is 0.0769. The first-order valence-corrected chi connectivity index (χ1v) is 5.42. The highest BCUT2D eigenvalue weighted by Crippen LogP contribution is 2.19. The van der Waals surface area contributed by atoms with Gasteiger partial charge in [-0.05, 0) is 31.2 Å². The zero-order valence-corrected chi connectivity index (χ0v) is 9.46. The summed E-state index contributed by atoms with van der Waals surface area (Å²) in [6, 6.07) is 13.5. The van der Waals surface area contributed by atoms with E-state index < -0.39 is 0 Å². The van der Waals surface area contributed by atoms with Crippen molar-refractivity contribution in [2.75, 3.05) is 5.73 Å². The van der Waals surface area contributed by atoms with E-state index in [1.165, 1.54) is 0 Å². The summed E-state index contributed by atoms with van der Waals surface area (Å²) in [7, 11) is 0. The molecule has 0 radical (unpaired) electrons. The van der Waals surface area contributed by atoms with E-state index in [2.05, 4.69) is 10.1 Å². The molecular weight excluding hydrogens is 212 g/mol. The maximum Gasteiger partial charge on any atom is 0.182 e. The Morgan fingerprint density at radius 3 is 2.71 bits per heavy atom. The second kappa shape index (κ2) is 3.59.